The number of hydrogen-bond acceptors (Lipinski definition) is 5. The molecule has 1 aromatic rings. The third-order valence-corrected chi connectivity index (χ3v) is 5.63. The number of anilines is 1. The molecule has 3 rings (SSSR count). The van der Waals surface area contributed by atoms with E-state index in [1.165, 1.54) is 0 Å². The highest BCUT2D eigenvalue weighted by Gasteiger charge is 2.40. The number of likely N-dealkylation sites (N-methyl/N-ethyl adjacent to an activating group) is 2. The van der Waals surface area contributed by atoms with E-state index in [2.05, 4.69) is 11.4 Å². The molecule has 2 amide bonds. The molecule has 0 aromatic heterocycles. The van der Waals surface area contributed by atoms with Crippen molar-refractivity contribution < 1.29 is 14.3 Å². The molecule has 1 atom stereocenters. The Kier molecular flexibility index (Phi) is 5.54. The summed E-state index contributed by atoms with van der Waals surface area (Å²) in [5, 5.41) is 12.3. The molecule has 1 N–H and O–H groups in total. The van der Waals surface area contributed by atoms with Gasteiger partial charge in [-0.3, -0.25) is 9.59 Å². The number of benzene rings is 1. The van der Waals surface area contributed by atoms with E-state index in [-0.39, 0.29) is 24.9 Å². The van der Waals surface area contributed by atoms with Crippen molar-refractivity contribution in [2.45, 2.75) is 43.7 Å². The van der Waals surface area contributed by atoms with Gasteiger partial charge < -0.3 is 19.9 Å². The number of hydrogen-bond donors (Lipinski definition) is 1. The van der Waals surface area contributed by atoms with Crippen LogP contribution in [0.4, 0.5) is 5.69 Å². The van der Waals surface area contributed by atoms with Crippen LogP contribution in [0.25, 0.3) is 0 Å². The van der Waals surface area contributed by atoms with Gasteiger partial charge >= 0.3 is 0 Å². The fourth-order valence-corrected chi connectivity index (χ4v) is 3.92. The van der Waals surface area contributed by atoms with E-state index in [0.717, 1.165) is 24.9 Å². The van der Waals surface area contributed by atoms with Crippen molar-refractivity contribution in [2.75, 3.05) is 32.1 Å². The van der Waals surface area contributed by atoms with E-state index in [9.17, 15) is 14.9 Å². The van der Waals surface area contributed by atoms with Gasteiger partial charge in [0.25, 0.3) is 5.91 Å². The first-order chi connectivity index (χ1) is 13.0. The van der Waals surface area contributed by atoms with Crippen molar-refractivity contribution in [3.8, 4) is 11.8 Å². The number of carbonyl (C=O) groups excluding carboxylic acids is 2. The summed E-state index contributed by atoms with van der Waals surface area (Å²) < 4.78 is 5.78. The lowest BCUT2D eigenvalue weighted by Crippen LogP contribution is -2.55. The molecule has 0 saturated heterocycles. The molecule has 1 fully saturated rings. The fraction of sp³-hybridized carbons (Fsp3) is 0.550. The Morgan fingerprint density at radius 2 is 2.04 bits per heavy atom. The van der Waals surface area contributed by atoms with Crippen molar-refractivity contribution in [1.29, 1.82) is 5.26 Å². The summed E-state index contributed by atoms with van der Waals surface area (Å²) in [6.45, 7) is 0.392. The average molecular weight is 370 g/mol. The predicted molar refractivity (Wildman–Crippen MR) is 101 cm³/mol. The summed E-state index contributed by atoms with van der Waals surface area (Å²) >= 11 is 0. The number of para-hydroxylation sites is 2. The molecule has 27 heavy (non-hydrogen) atoms. The predicted octanol–water partition coefficient (Wildman–Crippen LogP) is 1.68. The maximum atomic E-state index is 13.0. The second-order valence-corrected chi connectivity index (χ2v) is 7.23. The summed E-state index contributed by atoms with van der Waals surface area (Å²) in [4.78, 5) is 28.6. The minimum atomic E-state index is -0.721. The van der Waals surface area contributed by atoms with Gasteiger partial charge in [-0.1, -0.05) is 31.4 Å². The van der Waals surface area contributed by atoms with Gasteiger partial charge in [-0.2, -0.15) is 5.26 Å². The highest BCUT2D eigenvalue weighted by Crippen LogP contribution is 2.35. The fourth-order valence-electron chi connectivity index (χ4n) is 3.92. The molecule has 1 saturated carbocycles. The van der Waals surface area contributed by atoms with Gasteiger partial charge in [0, 0.05) is 14.1 Å². The molecule has 144 valence electrons. The summed E-state index contributed by atoms with van der Waals surface area (Å²) in [6.07, 6.45) is 3.78. The Morgan fingerprint density at radius 3 is 2.70 bits per heavy atom. The van der Waals surface area contributed by atoms with Gasteiger partial charge in [0.1, 0.15) is 11.3 Å². The molecular weight excluding hydrogens is 344 g/mol. The van der Waals surface area contributed by atoms with E-state index in [1.807, 2.05) is 23.1 Å². The van der Waals surface area contributed by atoms with Crippen molar-refractivity contribution in [3.63, 3.8) is 0 Å². The zero-order valence-corrected chi connectivity index (χ0v) is 15.9. The lowest BCUT2D eigenvalue weighted by molar-refractivity contribution is -0.134. The van der Waals surface area contributed by atoms with Gasteiger partial charge in [-0.25, -0.2) is 0 Å². The van der Waals surface area contributed by atoms with Crippen LogP contribution in [0.1, 0.15) is 32.1 Å². The van der Waals surface area contributed by atoms with Crippen LogP contribution in [-0.4, -0.2) is 55.5 Å². The van der Waals surface area contributed by atoms with Crippen LogP contribution in [0, 0.1) is 11.3 Å². The Morgan fingerprint density at radius 1 is 1.33 bits per heavy atom. The molecule has 0 unspecified atom stereocenters. The second-order valence-electron chi connectivity index (χ2n) is 7.23. The van der Waals surface area contributed by atoms with Gasteiger partial charge in [0.05, 0.1) is 24.8 Å². The van der Waals surface area contributed by atoms with Crippen LogP contribution in [0.5, 0.6) is 5.75 Å². The zero-order valence-electron chi connectivity index (χ0n) is 15.9. The van der Waals surface area contributed by atoms with Gasteiger partial charge in [0.2, 0.25) is 5.91 Å². The first kappa shape index (κ1) is 19.0. The SMILES string of the molecule is CNC(=O)[C@H]1CN(CC(=O)N(C)C2(C#N)CCCCC2)c2ccccc2O1. The first-order valence-electron chi connectivity index (χ1n) is 9.41. The molecule has 7 nitrogen and oxygen atoms in total. The largest absolute Gasteiger partial charge is 0.477 e. The number of nitrogens with zero attached hydrogens (tertiary/aromatic N) is 3. The lowest BCUT2D eigenvalue weighted by Gasteiger charge is -2.41. The molecule has 0 spiro atoms. The third-order valence-electron chi connectivity index (χ3n) is 5.63. The second kappa shape index (κ2) is 7.87. The molecule has 1 aromatic carbocycles. The number of fused-ring (bicyclic) bond motifs is 1. The normalized spacial score (nSPS) is 20.6. The summed E-state index contributed by atoms with van der Waals surface area (Å²) in [7, 11) is 3.29. The van der Waals surface area contributed by atoms with E-state index in [1.54, 1.807) is 25.1 Å². The Hall–Kier alpha value is -2.75. The molecule has 1 aliphatic heterocycles. The third kappa shape index (κ3) is 3.70. The molecule has 0 radical (unpaired) electrons. The Labute approximate surface area is 159 Å². The van der Waals surface area contributed by atoms with Crippen molar-refractivity contribution >= 4 is 17.5 Å². The average Bonchev–Trinajstić information content (AvgIpc) is 2.72. The van der Waals surface area contributed by atoms with Crippen LogP contribution in [0.2, 0.25) is 0 Å². The van der Waals surface area contributed by atoms with Gasteiger partial charge in [-0.05, 0) is 25.0 Å². The number of nitriles is 1. The topological polar surface area (TPSA) is 85.7 Å². The van der Waals surface area contributed by atoms with Crippen molar-refractivity contribution in [3.05, 3.63) is 24.3 Å². The summed E-state index contributed by atoms with van der Waals surface area (Å²) in [6, 6.07) is 9.78. The van der Waals surface area contributed by atoms with Gasteiger partial charge in [0.15, 0.2) is 6.10 Å². The van der Waals surface area contributed by atoms with Crippen LogP contribution in [0.3, 0.4) is 0 Å². The standard InChI is InChI=1S/C20H26N4O3/c1-22-19(26)17-12-24(15-8-4-5-9-16(15)27-17)13-18(25)23(2)20(14-21)10-6-3-7-11-20/h4-5,8-9,17H,3,6-7,10-13H2,1-2H3,(H,22,26)/t17-/m1/s1. The van der Waals surface area contributed by atoms with Crippen LogP contribution in [-0.2, 0) is 9.59 Å². The maximum absolute atomic E-state index is 13.0. The molecule has 2 aliphatic rings. The molecule has 0 bridgehead atoms. The van der Waals surface area contributed by atoms with Gasteiger partial charge in [-0.15, -0.1) is 0 Å². The maximum Gasteiger partial charge on any atom is 0.262 e. The van der Waals surface area contributed by atoms with Crippen LogP contribution < -0.4 is 15.0 Å². The van der Waals surface area contributed by atoms with Crippen LogP contribution >= 0.6 is 0 Å². The number of nitrogens with one attached hydrogen (secondary N) is 1. The summed E-state index contributed by atoms with van der Waals surface area (Å²) in [5.74, 6) is 0.238. The zero-order chi connectivity index (χ0) is 19.4. The monoisotopic (exact) mass is 370 g/mol. The van der Waals surface area contributed by atoms with E-state index in [4.69, 9.17) is 4.74 Å². The number of rotatable bonds is 4. The first-order valence-corrected chi connectivity index (χ1v) is 9.41. The van der Waals surface area contributed by atoms with Crippen molar-refractivity contribution in [1.82, 2.24) is 10.2 Å². The van der Waals surface area contributed by atoms with E-state index >= 15 is 0 Å². The molecule has 1 heterocycles. The smallest absolute Gasteiger partial charge is 0.262 e. The van der Waals surface area contributed by atoms with E-state index < -0.39 is 11.6 Å². The highest BCUT2D eigenvalue weighted by atomic mass is 16.5. The number of ether oxygens (including phenoxy) is 1. The quantitative estimate of drug-likeness (QED) is 0.872. The Balaban J connectivity index is 1.80. The minimum Gasteiger partial charge on any atom is -0.477 e. The minimum absolute atomic E-state index is 0.105. The van der Waals surface area contributed by atoms with Crippen molar-refractivity contribution in [2.24, 2.45) is 0 Å². The van der Waals surface area contributed by atoms with Crippen LogP contribution in [0.15, 0.2) is 24.3 Å². The number of carbonyl (C=O) groups is 2. The Bertz CT molecular complexity index is 752. The molecule has 7 heteroatoms. The van der Waals surface area contributed by atoms with E-state index in [0.29, 0.717) is 18.6 Å². The molecule has 1 aliphatic carbocycles. The lowest BCUT2D eigenvalue weighted by atomic mass is 9.81. The highest BCUT2D eigenvalue weighted by molar-refractivity contribution is 5.86. The summed E-state index contributed by atoms with van der Waals surface area (Å²) in [5.41, 5.74) is 0.0653. The molecular formula is C20H26N4O3. The number of amides is 2.